The van der Waals surface area contributed by atoms with E-state index in [0.29, 0.717) is 48.9 Å². The summed E-state index contributed by atoms with van der Waals surface area (Å²) in [5.41, 5.74) is 2.18. The van der Waals surface area contributed by atoms with Gasteiger partial charge < -0.3 is 31.1 Å². The van der Waals surface area contributed by atoms with E-state index in [-0.39, 0.29) is 24.3 Å². The van der Waals surface area contributed by atoms with Gasteiger partial charge in [-0.1, -0.05) is 24.8 Å². The molecule has 4 N–H and O–H groups in total. The van der Waals surface area contributed by atoms with Gasteiger partial charge in [0.2, 0.25) is 23.7 Å². The van der Waals surface area contributed by atoms with Crippen LogP contribution in [0.4, 0.5) is 23.1 Å². The Morgan fingerprint density at radius 2 is 1.77 bits per heavy atom. The molecule has 40 heavy (non-hydrogen) atoms. The van der Waals surface area contributed by atoms with Crippen molar-refractivity contribution in [3.63, 3.8) is 0 Å². The minimum Gasteiger partial charge on any atom is -0.369 e. The molecule has 0 aliphatic carbocycles. The highest BCUT2D eigenvalue weighted by Crippen LogP contribution is 2.19. The molecule has 3 amide bonds. The molecule has 2 rings (SSSR count). The number of amides is 3. The number of hydrogen-bond acceptors (Lipinski definition) is 8. The number of rotatable bonds is 14. The van der Waals surface area contributed by atoms with Crippen molar-refractivity contribution in [3.8, 4) is 11.8 Å². The number of anilines is 4. The van der Waals surface area contributed by atoms with E-state index in [2.05, 4.69) is 50.0 Å². The van der Waals surface area contributed by atoms with Crippen molar-refractivity contribution < 1.29 is 14.4 Å². The van der Waals surface area contributed by atoms with Crippen LogP contribution in [0.15, 0.2) is 42.6 Å². The molecule has 0 saturated heterocycles. The van der Waals surface area contributed by atoms with Gasteiger partial charge in [0.25, 0.3) is 0 Å². The zero-order valence-corrected chi connectivity index (χ0v) is 24.0. The van der Waals surface area contributed by atoms with Crippen LogP contribution in [0.2, 0.25) is 0 Å². The van der Waals surface area contributed by atoms with Crippen LogP contribution < -0.4 is 21.3 Å². The predicted octanol–water partition coefficient (Wildman–Crippen LogP) is 2.82. The first kappa shape index (κ1) is 31.8. The van der Waals surface area contributed by atoms with Crippen molar-refractivity contribution in [1.82, 2.24) is 25.1 Å². The van der Waals surface area contributed by atoms with Gasteiger partial charge in [-0.05, 0) is 51.2 Å². The van der Waals surface area contributed by atoms with Gasteiger partial charge in [-0.3, -0.25) is 14.4 Å². The number of carbonyl (C=O) groups excluding carboxylic acids is 3. The third-order valence-corrected chi connectivity index (χ3v) is 5.30. The summed E-state index contributed by atoms with van der Waals surface area (Å²) in [7, 11) is 5.43. The third kappa shape index (κ3) is 12.4. The Kier molecular flexibility index (Phi) is 13.7. The molecule has 0 spiro atoms. The van der Waals surface area contributed by atoms with E-state index in [4.69, 9.17) is 0 Å². The lowest BCUT2D eigenvalue weighted by atomic mass is 10.2. The molecule has 0 radical (unpaired) electrons. The van der Waals surface area contributed by atoms with E-state index >= 15 is 0 Å². The first-order valence-electron chi connectivity index (χ1n) is 13.3. The first-order valence-corrected chi connectivity index (χ1v) is 13.3. The van der Waals surface area contributed by atoms with E-state index in [1.165, 1.54) is 17.9 Å². The number of aromatic nitrogens is 2. The minimum atomic E-state index is -0.211. The summed E-state index contributed by atoms with van der Waals surface area (Å²) in [6, 6.07) is 7.26. The van der Waals surface area contributed by atoms with E-state index in [1.807, 2.05) is 31.1 Å². The fourth-order valence-corrected chi connectivity index (χ4v) is 3.28. The lowest BCUT2D eigenvalue weighted by molar-refractivity contribution is -0.131. The predicted molar refractivity (Wildman–Crippen MR) is 159 cm³/mol. The molecule has 0 aliphatic heterocycles. The highest BCUT2D eigenvalue weighted by atomic mass is 16.2. The number of carbonyl (C=O) groups is 3. The summed E-state index contributed by atoms with van der Waals surface area (Å²) in [6.07, 6.45) is 7.10. The zero-order valence-electron chi connectivity index (χ0n) is 24.0. The Hall–Kier alpha value is -4.43. The normalized spacial score (nSPS) is 10.6. The van der Waals surface area contributed by atoms with E-state index in [0.717, 1.165) is 18.7 Å². The molecule has 1 aromatic carbocycles. The van der Waals surface area contributed by atoms with Crippen molar-refractivity contribution >= 4 is 40.9 Å². The second kappa shape index (κ2) is 17.2. The van der Waals surface area contributed by atoms with Crippen molar-refractivity contribution in [2.24, 2.45) is 0 Å². The molecule has 0 saturated carbocycles. The number of hydrogen-bond donors (Lipinski definition) is 4. The highest BCUT2D eigenvalue weighted by molar-refractivity contribution is 5.91. The summed E-state index contributed by atoms with van der Waals surface area (Å²) in [6.45, 7) is 5.40. The summed E-state index contributed by atoms with van der Waals surface area (Å²) in [5.74, 6) is 6.76. The van der Waals surface area contributed by atoms with Gasteiger partial charge in [0, 0.05) is 57.5 Å². The van der Waals surface area contributed by atoms with Crippen LogP contribution in [-0.2, 0) is 14.4 Å². The Labute approximate surface area is 236 Å². The Balaban J connectivity index is 1.86. The van der Waals surface area contributed by atoms with Gasteiger partial charge in [0.05, 0.1) is 18.3 Å². The van der Waals surface area contributed by atoms with Gasteiger partial charge >= 0.3 is 0 Å². The van der Waals surface area contributed by atoms with E-state index < -0.39 is 0 Å². The van der Waals surface area contributed by atoms with E-state index in [9.17, 15) is 14.4 Å². The molecule has 0 bridgehead atoms. The lowest BCUT2D eigenvalue weighted by Crippen LogP contribution is -2.38. The lowest BCUT2D eigenvalue weighted by Gasteiger charge is -2.14. The van der Waals surface area contributed by atoms with Crippen molar-refractivity contribution in [1.29, 1.82) is 0 Å². The third-order valence-electron chi connectivity index (χ3n) is 5.30. The Morgan fingerprint density at radius 3 is 2.45 bits per heavy atom. The van der Waals surface area contributed by atoms with Crippen LogP contribution in [0, 0.1) is 11.8 Å². The van der Waals surface area contributed by atoms with Gasteiger partial charge in [0.15, 0.2) is 0 Å². The largest absolute Gasteiger partial charge is 0.369 e. The molecule has 214 valence electrons. The van der Waals surface area contributed by atoms with Crippen LogP contribution in [0.3, 0.4) is 0 Å². The fraction of sp³-hybridized carbons (Fsp3) is 0.414. The zero-order chi connectivity index (χ0) is 29.3. The summed E-state index contributed by atoms with van der Waals surface area (Å²) >= 11 is 0. The maximum absolute atomic E-state index is 12.1. The number of nitrogens with one attached hydrogen (secondary N) is 4. The molecule has 0 aliphatic rings. The van der Waals surface area contributed by atoms with Crippen LogP contribution in [0.1, 0.15) is 38.7 Å². The monoisotopic (exact) mass is 548 g/mol. The van der Waals surface area contributed by atoms with Crippen molar-refractivity contribution in [2.45, 2.75) is 33.1 Å². The molecule has 0 unspecified atom stereocenters. The maximum atomic E-state index is 12.1. The second-order valence-corrected chi connectivity index (χ2v) is 9.38. The quantitative estimate of drug-likeness (QED) is 0.161. The fourth-order valence-electron chi connectivity index (χ4n) is 3.28. The number of benzene rings is 1. The smallest absolute Gasteiger partial charge is 0.246 e. The topological polar surface area (TPSA) is 132 Å². The van der Waals surface area contributed by atoms with Gasteiger partial charge in [0.1, 0.15) is 5.82 Å². The molecular formula is C29H40N8O3. The number of likely N-dealkylation sites (N-methyl/N-ethyl adjacent to an activating group) is 2. The number of unbranched alkanes of at least 4 members (excludes halogenated alkanes) is 1. The van der Waals surface area contributed by atoms with E-state index in [1.54, 1.807) is 31.5 Å². The maximum Gasteiger partial charge on any atom is 0.246 e. The minimum absolute atomic E-state index is 0.000441. The SMILES string of the molecule is CCCNc1nc(Nc2ccc(NC(C)=O)cc2)ncc1C#CCCCNC(=O)CN(C)C(=O)/C=C/CN(C)C. The molecule has 0 fully saturated rings. The molecule has 1 aromatic heterocycles. The Bertz CT molecular complexity index is 1220. The molecule has 1 heterocycles. The number of nitrogens with zero attached hydrogens (tertiary/aromatic N) is 4. The standard InChI is InChI=1S/C29H40N8O3/c1-6-17-31-28-23(20-32-29(35-28)34-25-15-13-24(14-16-25)33-22(2)38)11-8-7-9-18-30-26(39)21-37(5)27(40)12-10-19-36(3)4/h10,12-16,20H,6-7,9,17-19,21H2,1-5H3,(H,30,39)(H,33,38)(H2,31,32,34,35)/b12-10+. The average Bonchev–Trinajstić information content (AvgIpc) is 2.90. The average molecular weight is 549 g/mol. The van der Waals surface area contributed by atoms with Gasteiger partial charge in [-0.2, -0.15) is 4.98 Å². The summed E-state index contributed by atoms with van der Waals surface area (Å²) in [4.78, 5) is 47.7. The highest BCUT2D eigenvalue weighted by Gasteiger charge is 2.10. The second-order valence-electron chi connectivity index (χ2n) is 9.38. The molecule has 0 atom stereocenters. The molecule has 11 nitrogen and oxygen atoms in total. The van der Waals surface area contributed by atoms with Crippen LogP contribution in [0.5, 0.6) is 0 Å². The summed E-state index contributed by atoms with van der Waals surface area (Å²) in [5, 5.41) is 12.0. The van der Waals surface area contributed by atoms with Crippen LogP contribution in [0.25, 0.3) is 0 Å². The van der Waals surface area contributed by atoms with Gasteiger partial charge in [-0.25, -0.2) is 4.98 Å². The first-order chi connectivity index (χ1) is 19.2. The van der Waals surface area contributed by atoms with Crippen LogP contribution in [-0.4, -0.2) is 84.8 Å². The van der Waals surface area contributed by atoms with Crippen LogP contribution >= 0.6 is 0 Å². The molecular weight excluding hydrogens is 508 g/mol. The summed E-state index contributed by atoms with van der Waals surface area (Å²) < 4.78 is 0. The molecule has 11 heteroatoms. The Morgan fingerprint density at radius 1 is 1.05 bits per heavy atom. The van der Waals surface area contributed by atoms with Crippen molar-refractivity contribution in [2.75, 3.05) is 63.3 Å². The molecule has 2 aromatic rings. The van der Waals surface area contributed by atoms with Crippen molar-refractivity contribution in [3.05, 3.63) is 48.2 Å². The van der Waals surface area contributed by atoms with Gasteiger partial charge in [-0.15, -0.1) is 0 Å².